The van der Waals surface area contributed by atoms with Crippen molar-refractivity contribution in [3.63, 3.8) is 0 Å². The molecule has 2 rings (SSSR count). The molecule has 1 N–H and O–H groups in total. The number of hydrogen-bond acceptors (Lipinski definition) is 4. The predicted octanol–water partition coefficient (Wildman–Crippen LogP) is 0.0253. The quantitative estimate of drug-likeness (QED) is 0.798. The smallest absolute Gasteiger partial charge is 0.239 e. The Morgan fingerprint density at radius 1 is 1.35 bits per heavy atom. The van der Waals surface area contributed by atoms with E-state index in [-0.39, 0.29) is 11.9 Å². The van der Waals surface area contributed by atoms with Gasteiger partial charge in [-0.3, -0.25) is 9.48 Å². The minimum atomic E-state index is -0.126. The first-order valence-electron chi connectivity index (χ1n) is 7.42. The van der Waals surface area contributed by atoms with Gasteiger partial charge in [0, 0.05) is 45.1 Å². The second-order valence-electron chi connectivity index (χ2n) is 5.20. The van der Waals surface area contributed by atoms with Crippen LogP contribution in [-0.2, 0) is 11.3 Å². The molecule has 1 aromatic rings. The zero-order chi connectivity index (χ0) is 14.4. The third-order valence-corrected chi connectivity index (χ3v) is 3.85. The highest BCUT2D eigenvalue weighted by Crippen LogP contribution is 2.03. The van der Waals surface area contributed by atoms with Crippen molar-refractivity contribution in [2.75, 3.05) is 39.3 Å². The van der Waals surface area contributed by atoms with Crippen molar-refractivity contribution in [3.8, 4) is 0 Å². The maximum Gasteiger partial charge on any atom is 0.239 e. The van der Waals surface area contributed by atoms with Crippen molar-refractivity contribution < 1.29 is 4.79 Å². The van der Waals surface area contributed by atoms with Gasteiger partial charge in [0.1, 0.15) is 0 Å². The van der Waals surface area contributed by atoms with Crippen LogP contribution in [0.3, 0.4) is 0 Å². The molecule has 1 saturated heterocycles. The molecule has 6 heteroatoms. The van der Waals surface area contributed by atoms with Crippen molar-refractivity contribution in [2.45, 2.75) is 26.4 Å². The van der Waals surface area contributed by atoms with Gasteiger partial charge in [0.05, 0.1) is 12.6 Å². The molecule has 0 bridgehead atoms. The number of aromatic nitrogens is 2. The number of piperazine rings is 1. The van der Waals surface area contributed by atoms with Gasteiger partial charge in [-0.15, -0.1) is 0 Å². The van der Waals surface area contributed by atoms with E-state index in [1.807, 2.05) is 28.8 Å². The van der Waals surface area contributed by atoms with Crippen molar-refractivity contribution in [1.29, 1.82) is 0 Å². The van der Waals surface area contributed by atoms with Crippen molar-refractivity contribution in [1.82, 2.24) is 24.9 Å². The molecule has 1 atom stereocenters. The monoisotopic (exact) mass is 279 g/mol. The molecule has 1 amide bonds. The molecule has 6 nitrogen and oxygen atoms in total. The van der Waals surface area contributed by atoms with E-state index < -0.39 is 0 Å². The van der Waals surface area contributed by atoms with Crippen LogP contribution in [0.1, 0.15) is 13.8 Å². The van der Waals surface area contributed by atoms with E-state index in [0.29, 0.717) is 0 Å². The fraction of sp³-hybridized carbons (Fsp3) is 0.714. The summed E-state index contributed by atoms with van der Waals surface area (Å²) in [6.45, 7) is 10.4. The summed E-state index contributed by atoms with van der Waals surface area (Å²) in [6.07, 6.45) is 3.69. The first-order valence-corrected chi connectivity index (χ1v) is 7.42. The third kappa shape index (κ3) is 4.05. The third-order valence-electron chi connectivity index (χ3n) is 3.85. The SMILES string of the molecule is CCN1CCN(C(=O)[C@H](C)NCCn2cccn2)CC1. The van der Waals surface area contributed by atoms with Crippen molar-refractivity contribution in [2.24, 2.45) is 0 Å². The fourth-order valence-corrected chi connectivity index (χ4v) is 2.47. The minimum absolute atomic E-state index is 0.126. The molecule has 0 spiro atoms. The van der Waals surface area contributed by atoms with Gasteiger partial charge >= 0.3 is 0 Å². The summed E-state index contributed by atoms with van der Waals surface area (Å²) >= 11 is 0. The van der Waals surface area contributed by atoms with Gasteiger partial charge in [0.2, 0.25) is 5.91 Å². The van der Waals surface area contributed by atoms with Crippen LogP contribution < -0.4 is 5.32 Å². The van der Waals surface area contributed by atoms with E-state index in [9.17, 15) is 4.79 Å². The number of amides is 1. The molecule has 0 radical (unpaired) electrons. The van der Waals surface area contributed by atoms with Gasteiger partial charge in [0.25, 0.3) is 0 Å². The van der Waals surface area contributed by atoms with E-state index in [2.05, 4.69) is 22.2 Å². The number of hydrogen-bond donors (Lipinski definition) is 1. The first kappa shape index (κ1) is 15.0. The highest BCUT2D eigenvalue weighted by molar-refractivity contribution is 5.81. The Morgan fingerprint density at radius 3 is 2.70 bits per heavy atom. The van der Waals surface area contributed by atoms with E-state index in [1.54, 1.807) is 6.20 Å². The number of carbonyl (C=O) groups is 1. The normalized spacial score (nSPS) is 18.2. The summed E-state index contributed by atoms with van der Waals surface area (Å²) in [6, 6.07) is 1.78. The number of rotatable bonds is 6. The number of likely N-dealkylation sites (N-methyl/N-ethyl adjacent to an activating group) is 1. The molecular weight excluding hydrogens is 254 g/mol. The van der Waals surface area contributed by atoms with E-state index in [0.717, 1.165) is 45.8 Å². The van der Waals surface area contributed by atoms with Crippen LogP contribution in [0.4, 0.5) is 0 Å². The van der Waals surface area contributed by atoms with Gasteiger partial charge in [-0.25, -0.2) is 0 Å². The number of nitrogens with one attached hydrogen (secondary N) is 1. The summed E-state index contributed by atoms with van der Waals surface area (Å²) in [5.74, 6) is 0.209. The molecule has 2 heterocycles. The maximum absolute atomic E-state index is 12.3. The van der Waals surface area contributed by atoms with Gasteiger partial charge in [-0.1, -0.05) is 6.92 Å². The van der Waals surface area contributed by atoms with Crippen LogP contribution in [0.2, 0.25) is 0 Å². The Kier molecular flexibility index (Phi) is 5.55. The second-order valence-corrected chi connectivity index (χ2v) is 5.20. The molecule has 0 saturated carbocycles. The molecule has 1 aliphatic heterocycles. The molecule has 20 heavy (non-hydrogen) atoms. The Balaban J connectivity index is 1.69. The maximum atomic E-state index is 12.3. The Hall–Kier alpha value is -1.40. The summed E-state index contributed by atoms with van der Waals surface area (Å²) in [5, 5.41) is 7.42. The lowest BCUT2D eigenvalue weighted by Gasteiger charge is -2.35. The lowest BCUT2D eigenvalue weighted by Crippen LogP contribution is -2.53. The van der Waals surface area contributed by atoms with Crippen LogP contribution >= 0.6 is 0 Å². The summed E-state index contributed by atoms with van der Waals surface area (Å²) in [5.41, 5.74) is 0. The molecule has 1 fully saturated rings. The van der Waals surface area contributed by atoms with Crippen LogP contribution in [0.15, 0.2) is 18.5 Å². The Morgan fingerprint density at radius 2 is 2.10 bits per heavy atom. The van der Waals surface area contributed by atoms with E-state index in [4.69, 9.17) is 0 Å². The average Bonchev–Trinajstić information content (AvgIpc) is 2.99. The zero-order valence-electron chi connectivity index (χ0n) is 12.5. The average molecular weight is 279 g/mol. The van der Waals surface area contributed by atoms with Gasteiger partial charge in [-0.2, -0.15) is 5.10 Å². The fourth-order valence-electron chi connectivity index (χ4n) is 2.47. The molecule has 0 aliphatic carbocycles. The molecule has 0 aromatic carbocycles. The zero-order valence-corrected chi connectivity index (χ0v) is 12.5. The molecule has 1 aromatic heterocycles. The van der Waals surface area contributed by atoms with Crippen LogP contribution in [0.5, 0.6) is 0 Å². The number of nitrogens with zero attached hydrogens (tertiary/aromatic N) is 4. The van der Waals surface area contributed by atoms with Crippen molar-refractivity contribution >= 4 is 5.91 Å². The van der Waals surface area contributed by atoms with E-state index in [1.165, 1.54) is 0 Å². The summed E-state index contributed by atoms with van der Waals surface area (Å²) in [7, 11) is 0. The first-order chi connectivity index (χ1) is 9.70. The molecule has 0 unspecified atom stereocenters. The highest BCUT2D eigenvalue weighted by atomic mass is 16.2. The second kappa shape index (κ2) is 7.40. The van der Waals surface area contributed by atoms with Crippen molar-refractivity contribution in [3.05, 3.63) is 18.5 Å². The molecule has 1 aliphatic rings. The van der Waals surface area contributed by atoms with Gasteiger partial charge in [-0.05, 0) is 19.5 Å². The Labute approximate surface area is 120 Å². The predicted molar refractivity (Wildman–Crippen MR) is 78.4 cm³/mol. The lowest BCUT2D eigenvalue weighted by molar-refractivity contribution is -0.134. The van der Waals surface area contributed by atoms with E-state index >= 15 is 0 Å². The largest absolute Gasteiger partial charge is 0.339 e. The van der Waals surface area contributed by atoms with Crippen LogP contribution in [0, 0.1) is 0 Å². The molecule has 112 valence electrons. The topological polar surface area (TPSA) is 53.4 Å². The summed E-state index contributed by atoms with van der Waals surface area (Å²) < 4.78 is 1.87. The Bertz CT molecular complexity index is 398. The van der Waals surface area contributed by atoms with Gasteiger partial charge in [0.15, 0.2) is 0 Å². The van der Waals surface area contributed by atoms with Crippen LogP contribution in [-0.4, -0.2) is 70.8 Å². The standard InChI is InChI=1S/C14H25N5O/c1-3-17-9-11-18(12-10-17)14(20)13(2)15-6-8-19-7-4-5-16-19/h4-5,7,13,15H,3,6,8-12H2,1-2H3/t13-/m0/s1. The highest BCUT2D eigenvalue weighted by Gasteiger charge is 2.23. The van der Waals surface area contributed by atoms with Gasteiger partial charge < -0.3 is 15.1 Å². The number of carbonyl (C=O) groups excluding carboxylic acids is 1. The lowest BCUT2D eigenvalue weighted by atomic mass is 10.2. The molecular formula is C14H25N5O. The summed E-state index contributed by atoms with van der Waals surface area (Å²) in [4.78, 5) is 16.7. The van der Waals surface area contributed by atoms with Crippen LogP contribution in [0.25, 0.3) is 0 Å². The minimum Gasteiger partial charge on any atom is -0.339 e.